The van der Waals surface area contributed by atoms with Crippen LogP contribution in [0.25, 0.3) is 0 Å². The second kappa shape index (κ2) is 3.70. The molecule has 1 aromatic carbocycles. The van der Waals surface area contributed by atoms with Crippen molar-refractivity contribution >= 4 is 31.9 Å². The highest BCUT2D eigenvalue weighted by Crippen LogP contribution is 2.34. The van der Waals surface area contributed by atoms with Crippen LogP contribution in [-0.4, -0.2) is 7.11 Å². The fraction of sp³-hybridized carbons (Fsp3) is 0.143. The van der Waals surface area contributed by atoms with Gasteiger partial charge in [0.2, 0.25) is 0 Å². The van der Waals surface area contributed by atoms with Crippen molar-refractivity contribution in [1.82, 2.24) is 0 Å². The van der Waals surface area contributed by atoms with Gasteiger partial charge in [-0.1, -0.05) is 0 Å². The third kappa shape index (κ3) is 1.61. The van der Waals surface area contributed by atoms with Crippen molar-refractivity contribution in [3.63, 3.8) is 0 Å². The summed E-state index contributed by atoms with van der Waals surface area (Å²) in [6, 6.07) is 1.13. The number of hydrogen-bond acceptors (Lipinski definition) is 1. The molecule has 0 amide bonds. The van der Waals surface area contributed by atoms with Gasteiger partial charge in [0.25, 0.3) is 0 Å². The first-order valence-corrected chi connectivity index (χ1v) is 4.53. The predicted octanol–water partition coefficient (Wildman–Crippen LogP) is 3.50. The molecule has 0 atom stereocenters. The number of halogens is 4. The van der Waals surface area contributed by atoms with Crippen LogP contribution in [0, 0.1) is 11.6 Å². The molecular weight excluding hydrogens is 298 g/mol. The molecule has 1 aromatic rings. The Morgan fingerprint density at radius 2 is 1.92 bits per heavy atom. The van der Waals surface area contributed by atoms with Gasteiger partial charge in [-0.05, 0) is 37.9 Å². The van der Waals surface area contributed by atoms with Gasteiger partial charge in [0.05, 0.1) is 16.1 Å². The minimum Gasteiger partial charge on any atom is -0.492 e. The summed E-state index contributed by atoms with van der Waals surface area (Å²) in [6.45, 7) is 0. The van der Waals surface area contributed by atoms with E-state index < -0.39 is 11.6 Å². The van der Waals surface area contributed by atoms with E-state index in [-0.39, 0.29) is 14.7 Å². The fourth-order valence-corrected chi connectivity index (χ4v) is 1.57. The molecule has 66 valence electrons. The van der Waals surface area contributed by atoms with E-state index in [2.05, 4.69) is 31.9 Å². The van der Waals surface area contributed by atoms with Crippen molar-refractivity contribution in [2.45, 2.75) is 0 Å². The molecule has 5 heteroatoms. The van der Waals surface area contributed by atoms with Crippen molar-refractivity contribution in [2.24, 2.45) is 0 Å². The summed E-state index contributed by atoms with van der Waals surface area (Å²) in [7, 11) is 1.31. The van der Waals surface area contributed by atoms with E-state index in [9.17, 15) is 8.78 Å². The van der Waals surface area contributed by atoms with E-state index in [0.29, 0.717) is 0 Å². The standard InChI is InChI=1S/C7H4Br2F2O/c1-12-7-3(8)2-4(10)5(9)6(7)11/h2H,1H3. The summed E-state index contributed by atoms with van der Waals surface area (Å²) in [6.07, 6.45) is 0. The van der Waals surface area contributed by atoms with Crippen LogP contribution in [0.4, 0.5) is 8.78 Å². The molecule has 0 aliphatic heterocycles. The summed E-state index contributed by atoms with van der Waals surface area (Å²) in [5.41, 5.74) is 0. The number of ether oxygens (including phenoxy) is 1. The molecule has 0 saturated heterocycles. The van der Waals surface area contributed by atoms with Gasteiger partial charge in [0, 0.05) is 0 Å². The molecule has 0 fully saturated rings. The molecule has 0 spiro atoms. The van der Waals surface area contributed by atoms with Gasteiger partial charge in [0.15, 0.2) is 11.6 Å². The minimum absolute atomic E-state index is 0.0109. The molecule has 12 heavy (non-hydrogen) atoms. The van der Waals surface area contributed by atoms with Gasteiger partial charge in [-0.3, -0.25) is 0 Å². The molecule has 0 heterocycles. The van der Waals surface area contributed by atoms with Crippen molar-refractivity contribution < 1.29 is 13.5 Å². The maximum atomic E-state index is 13.1. The summed E-state index contributed by atoms with van der Waals surface area (Å²) in [5.74, 6) is -1.42. The molecule has 1 nitrogen and oxygen atoms in total. The van der Waals surface area contributed by atoms with Crippen LogP contribution in [-0.2, 0) is 0 Å². The summed E-state index contributed by atoms with van der Waals surface area (Å²) in [4.78, 5) is 0. The van der Waals surface area contributed by atoms with Crippen molar-refractivity contribution in [2.75, 3.05) is 7.11 Å². The normalized spacial score (nSPS) is 10.1. The summed E-state index contributed by atoms with van der Waals surface area (Å²) < 4.78 is 30.6. The lowest BCUT2D eigenvalue weighted by atomic mass is 10.3. The van der Waals surface area contributed by atoms with Crippen LogP contribution in [0.15, 0.2) is 15.0 Å². The molecule has 0 aromatic heterocycles. The highest BCUT2D eigenvalue weighted by molar-refractivity contribution is 9.11. The zero-order valence-corrected chi connectivity index (χ0v) is 9.17. The van der Waals surface area contributed by atoms with Gasteiger partial charge in [0.1, 0.15) is 5.82 Å². The number of rotatable bonds is 1. The molecule has 1 rings (SSSR count). The molecule has 0 unspecified atom stereocenters. The lowest BCUT2D eigenvalue weighted by molar-refractivity contribution is 0.379. The van der Waals surface area contributed by atoms with E-state index in [0.717, 1.165) is 6.07 Å². The van der Waals surface area contributed by atoms with E-state index >= 15 is 0 Å². The Hall–Kier alpha value is -0.160. The lowest BCUT2D eigenvalue weighted by Gasteiger charge is -2.06. The Labute approximate surface area is 85.0 Å². The van der Waals surface area contributed by atoms with Crippen LogP contribution in [0.5, 0.6) is 5.75 Å². The Balaban J connectivity index is 3.40. The monoisotopic (exact) mass is 300 g/mol. The predicted molar refractivity (Wildman–Crippen MR) is 48.3 cm³/mol. The Morgan fingerprint density at radius 3 is 2.42 bits per heavy atom. The molecular formula is C7H4Br2F2O. The summed E-state index contributed by atoms with van der Waals surface area (Å²) >= 11 is 5.72. The van der Waals surface area contributed by atoms with Gasteiger partial charge < -0.3 is 4.74 Å². The van der Waals surface area contributed by atoms with Crippen LogP contribution in [0.3, 0.4) is 0 Å². The van der Waals surface area contributed by atoms with E-state index in [4.69, 9.17) is 4.74 Å². The molecule has 0 aliphatic carbocycles. The maximum Gasteiger partial charge on any atom is 0.183 e. The molecule has 0 N–H and O–H groups in total. The van der Waals surface area contributed by atoms with Crippen molar-refractivity contribution in [3.05, 3.63) is 26.6 Å². The second-order valence-corrected chi connectivity index (χ2v) is 3.65. The number of benzene rings is 1. The largest absolute Gasteiger partial charge is 0.492 e. The third-order valence-electron chi connectivity index (χ3n) is 1.28. The smallest absolute Gasteiger partial charge is 0.183 e. The van der Waals surface area contributed by atoms with Gasteiger partial charge in [-0.15, -0.1) is 0 Å². The van der Waals surface area contributed by atoms with E-state index in [1.807, 2.05) is 0 Å². The number of hydrogen-bond donors (Lipinski definition) is 0. The third-order valence-corrected chi connectivity index (χ3v) is 2.59. The molecule has 0 saturated carbocycles. The SMILES string of the molecule is COc1c(Br)cc(F)c(Br)c1F. The van der Waals surface area contributed by atoms with Crippen LogP contribution >= 0.6 is 31.9 Å². The van der Waals surface area contributed by atoms with Crippen LogP contribution in [0.1, 0.15) is 0 Å². The Morgan fingerprint density at radius 1 is 1.33 bits per heavy atom. The van der Waals surface area contributed by atoms with Gasteiger partial charge in [-0.2, -0.15) is 0 Å². The topological polar surface area (TPSA) is 9.23 Å². The average Bonchev–Trinajstić information content (AvgIpc) is 2.01. The Bertz CT molecular complexity index is 315. The van der Waals surface area contributed by atoms with Crippen molar-refractivity contribution in [1.29, 1.82) is 0 Å². The second-order valence-electron chi connectivity index (χ2n) is 2.00. The number of methoxy groups -OCH3 is 1. The average molecular weight is 302 g/mol. The zero-order valence-electron chi connectivity index (χ0n) is 6.00. The molecule has 0 bridgehead atoms. The highest BCUT2D eigenvalue weighted by atomic mass is 79.9. The lowest BCUT2D eigenvalue weighted by Crippen LogP contribution is -1.93. The molecule has 0 aliphatic rings. The summed E-state index contributed by atoms with van der Waals surface area (Å²) in [5, 5.41) is 0. The quantitative estimate of drug-likeness (QED) is 0.570. The fourth-order valence-electron chi connectivity index (χ4n) is 0.737. The zero-order chi connectivity index (χ0) is 9.30. The minimum atomic E-state index is -0.746. The first-order valence-electron chi connectivity index (χ1n) is 2.95. The highest BCUT2D eigenvalue weighted by Gasteiger charge is 2.15. The Kier molecular flexibility index (Phi) is 3.06. The van der Waals surface area contributed by atoms with Crippen molar-refractivity contribution in [3.8, 4) is 5.75 Å². The maximum absolute atomic E-state index is 13.1. The van der Waals surface area contributed by atoms with Crippen LogP contribution in [0.2, 0.25) is 0 Å². The first kappa shape index (κ1) is 9.92. The van der Waals surface area contributed by atoms with Gasteiger partial charge in [-0.25, -0.2) is 8.78 Å². The van der Waals surface area contributed by atoms with Gasteiger partial charge >= 0.3 is 0 Å². The molecule has 0 radical (unpaired) electrons. The van der Waals surface area contributed by atoms with E-state index in [1.54, 1.807) is 0 Å². The van der Waals surface area contributed by atoms with Crippen LogP contribution < -0.4 is 4.74 Å². The first-order chi connectivity index (χ1) is 5.57. The van der Waals surface area contributed by atoms with E-state index in [1.165, 1.54) is 7.11 Å².